The molecule has 0 atom stereocenters. The number of hydrogen-bond acceptors (Lipinski definition) is 1. The minimum atomic E-state index is -0.895. The van der Waals surface area contributed by atoms with Gasteiger partial charge in [0.15, 0.2) is 10.5 Å². The first-order chi connectivity index (χ1) is 4.84. The molecule has 0 spiro atoms. The summed E-state index contributed by atoms with van der Waals surface area (Å²) in [5.41, 5.74) is 0. The molecule has 0 aliphatic carbocycles. The van der Waals surface area contributed by atoms with Crippen molar-refractivity contribution in [2.24, 2.45) is 0 Å². The van der Waals surface area contributed by atoms with Crippen molar-refractivity contribution in [2.75, 3.05) is 0 Å². The third-order valence-electron chi connectivity index (χ3n) is 1.34. The molecule has 0 aliphatic heterocycles. The van der Waals surface area contributed by atoms with Crippen LogP contribution in [0, 0.1) is 0 Å². The molecule has 10 heavy (non-hydrogen) atoms. The van der Waals surface area contributed by atoms with Crippen LogP contribution in [0.25, 0.3) is 0 Å². The maximum atomic E-state index is 5.27. The lowest BCUT2D eigenvalue weighted by Gasteiger charge is -2.01. The van der Waals surface area contributed by atoms with Gasteiger partial charge in [0.1, 0.15) is 0 Å². The van der Waals surface area contributed by atoms with E-state index in [0.717, 1.165) is 10.5 Å². The lowest BCUT2D eigenvalue weighted by molar-refractivity contribution is 0.672. The Morgan fingerprint density at radius 2 is 1.90 bits per heavy atom. The highest BCUT2D eigenvalue weighted by Gasteiger charge is 1.95. The predicted molar refractivity (Wildman–Crippen MR) is 50.0 cm³/mol. The highest BCUT2D eigenvalue weighted by Crippen LogP contribution is 1.81. The van der Waals surface area contributed by atoms with Crippen LogP contribution >= 0.6 is 0 Å². The van der Waals surface area contributed by atoms with Crippen molar-refractivity contribution in [2.45, 2.75) is 0 Å². The number of hydrogen-bond donors (Lipinski definition) is 0. The summed E-state index contributed by atoms with van der Waals surface area (Å²) in [4.78, 5) is 0. The molecule has 1 rings (SSSR count). The van der Waals surface area contributed by atoms with E-state index in [1.165, 1.54) is 5.19 Å². The summed E-state index contributed by atoms with van der Waals surface area (Å²) in [6, 6.07) is 10.2. The fourth-order valence-electron chi connectivity index (χ4n) is 0.742. The van der Waals surface area contributed by atoms with Crippen molar-refractivity contribution in [3.63, 3.8) is 0 Å². The summed E-state index contributed by atoms with van der Waals surface area (Å²) in [6.07, 6.45) is 3.94. The van der Waals surface area contributed by atoms with Gasteiger partial charge in [0.05, 0.1) is 0 Å². The third kappa shape index (κ3) is 1.65. The minimum Gasteiger partial charge on any atom is -0.609 e. The Kier molecular flexibility index (Phi) is 2.59. The summed E-state index contributed by atoms with van der Waals surface area (Å²) in [7, 11) is -0.104. The van der Waals surface area contributed by atoms with E-state index < -0.39 is 8.65 Å². The Bertz CT molecular complexity index is 220. The Morgan fingerprint density at radius 3 is 2.40 bits per heavy atom. The van der Waals surface area contributed by atoms with Gasteiger partial charge < -0.3 is 4.12 Å². The minimum absolute atomic E-state index is 0.790. The van der Waals surface area contributed by atoms with Crippen molar-refractivity contribution in [1.82, 2.24) is 0 Å². The largest absolute Gasteiger partial charge is 0.609 e. The van der Waals surface area contributed by atoms with Crippen LogP contribution in [0.2, 0.25) is 0 Å². The van der Waals surface area contributed by atoms with E-state index in [9.17, 15) is 0 Å². The molecule has 0 saturated carbocycles. The molecule has 1 aromatic rings. The Hall–Kier alpha value is -0.676. The standard InChI is InChI=1S/C7H10OSi2/c1-10(8-9)7-5-3-2-4-6-7/h2-6H,1H2,9H3. The van der Waals surface area contributed by atoms with Gasteiger partial charge in [-0.3, -0.25) is 0 Å². The van der Waals surface area contributed by atoms with Crippen molar-refractivity contribution in [3.05, 3.63) is 30.3 Å². The van der Waals surface area contributed by atoms with Crippen LogP contribution < -0.4 is 5.19 Å². The van der Waals surface area contributed by atoms with E-state index in [-0.39, 0.29) is 0 Å². The predicted octanol–water partition coefficient (Wildman–Crippen LogP) is -0.804. The first kappa shape index (κ1) is 7.43. The fraction of sp³-hybridized carbons (Fsp3) is 0. The first-order valence-corrected chi connectivity index (χ1v) is 5.56. The van der Waals surface area contributed by atoms with Gasteiger partial charge in [-0.25, -0.2) is 0 Å². The van der Waals surface area contributed by atoms with Gasteiger partial charge in [-0.2, -0.15) is 0 Å². The summed E-state index contributed by atoms with van der Waals surface area (Å²) >= 11 is 0. The highest BCUT2D eigenvalue weighted by molar-refractivity contribution is 6.71. The molecule has 0 aliphatic rings. The molecule has 0 bridgehead atoms. The van der Waals surface area contributed by atoms with Gasteiger partial charge in [-0.15, -0.1) is 0 Å². The maximum Gasteiger partial charge on any atom is 0.245 e. The molecule has 3 heteroatoms. The normalized spacial score (nSPS) is 9.20. The molecule has 0 fully saturated rings. The smallest absolute Gasteiger partial charge is 0.245 e. The third-order valence-corrected chi connectivity index (χ3v) is 4.29. The van der Waals surface area contributed by atoms with Crippen LogP contribution in [0.15, 0.2) is 30.3 Å². The van der Waals surface area contributed by atoms with Gasteiger partial charge in [0.2, 0.25) is 8.65 Å². The molecule has 1 aromatic carbocycles. The van der Waals surface area contributed by atoms with Crippen molar-refractivity contribution in [3.8, 4) is 0 Å². The van der Waals surface area contributed by atoms with Gasteiger partial charge in [-0.1, -0.05) is 36.5 Å². The monoisotopic (exact) mass is 166 g/mol. The second-order valence-corrected chi connectivity index (χ2v) is 5.05. The second kappa shape index (κ2) is 3.48. The maximum absolute atomic E-state index is 5.27. The topological polar surface area (TPSA) is 9.23 Å². The van der Waals surface area contributed by atoms with E-state index in [2.05, 4.69) is 18.3 Å². The van der Waals surface area contributed by atoms with Crippen LogP contribution in [0.1, 0.15) is 0 Å². The van der Waals surface area contributed by atoms with E-state index in [1.54, 1.807) is 0 Å². The molecule has 1 nitrogen and oxygen atoms in total. The SMILES string of the molecule is C=[Si](O[SiH3])c1ccccc1. The van der Waals surface area contributed by atoms with Crippen LogP contribution in [0.4, 0.5) is 0 Å². The molecule has 0 amide bonds. The average molecular weight is 166 g/mol. The zero-order valence-electron chi connectivity index (χ0n) is 6.00. The van der Waals surface area contributed by atoms with Gasteiger partial charge in [0.25, 0.3) is 0 Å². The van der Waals surface area contributed by atoms with Crippen molar-refractivity contribution >= 4 is 30.5 Å². The van der Waals surface area contributed by atoms with Crippen LogP contribution in [0.5, 0.6) is 0 Å². The quantitative estimate of drug-likeness (QED) is 0.523. The molecule has 52 valence electrons. The molecule has 0 unspecified atom stereocenters. The van der Waals surface area contributed by atoms with Gasteiger partial charge >= 0.3 is 0 Å². The highest BCUT2D eigenvalue weighted by atomic mass is 28.3. The summed E-state index contributed by atoms with van der Waals surface area (Å²) in [6.45, 7) is 0. The van der Waals surface area contributed by atoms with Crippen molar-refractivity contribution in [1.29, 1.82) is 0 Å². The molecule has 0 saturated heterocycles. The van der Waals surface area contributed by atoms with E-state index in [1.807, 2.05) is 18.2 Å². The molecule has 0 heterocycles. The first-order valence-electron chi connectivity index (χ1n) is 3.13. The van der Waals surface area contributed by atoms with Crippen LogP contribution in [-0.4, -0.2) is 25.3 Å². The average Bonchev–Trinajstić information content (AvgIpc) is 2.05. The zero-order valence-corrected chi connectivity index (χ0v) is 9.00. The zero-order chi connectivity index (χ0) is 7.40. The Morgan fingerprint density at radius 1 is 1.30 bits per heavy atom. The fourth-order valence-corrected chi connectivity index (χ4v) is 2.25. The molecule has 0 aromatic heterocycles. The summed E-state index contributed by atoms with van der Waals surface area (Å²) < 4.78 is 5.27. The van der Waals surface area contributed by atoms with Gasteiger partial charge in [0, 0.05) is 0 Å². The Labute approximate surface area is 65.5 Å². The van der Waals surface area contributed by atoms with Crippen LogP contribution in [-0.2, 0) is 4.12 Å². The second-order valence-electron chi connectivity index (χ2n) is 1.99. The van der Waals surface area contributed by atoms with Crippen molar-refractivity contribution < 1.29 is 4.12 Å². The van der Waals surface area contributed by atoms with Gasteiger partial charge in [-0.05, 0) is 5.19 Å². The Balaban J connectivity index is 2.85. The molecular formula is C7H10OSi2. The summed E-state index contributed by atoms with van der Waals surface area (Å²) in [5.74, 6) is 0. The van der Waals surface area contributed by atoms with E-state index in [4.69, 9.17) is 4.12 Å². The number of benzene rings is 1. The summed E-state index contributed by atoms with van der Waals surface area (Å²) in [5, 5.41) is 1.25. The molecular weight excluding hydrogens is 156 g/mol. The lowest BCUT2D eigenvalue weighted by Crippen LogP contribution is -2.23. The lowest BCUT2D eigenvalue weighted by atomic mass is 10.4. The number of rotatable bonds is 2. The molecule has 0 radical (unpaired) electrons. The van der Waals surface area contributed by atoms with E-state index >= 15 is 0 Å². The van der Waals surface area contributed by atoms with E-state index in [0.29, 0.717) is 0 Å². The molecule has 0 N–H and O–H groups in total. The van der Waals surface area contributed by atoms with Crippen LogP contribution in [0.3, 0.4) is 0 Å².